The Bertz CT molecular complexity index is 174. The van der Waals surface area contributed by atoms with Crippen LogP contribution in [0.3, 0.4) is 0 Å². The maximum atomic E-state index is 5.31. The summed E-state index contributed by atoms with van der Waals surface area (Å²) in [4.78, 5) is 9.08. The first-order valence-corrected chi connectivity index (χ1v) is 3.75. The molecule has 0 atom stereocenters. The molecule has 0 aliphatic rings. The molecule has 0 spiro atoms. The molecule has 11 heavy (non-hydrogen) atoms. The fourth-order valence-corrected chi connectivity index (χ4v) is 0.740. The molecule has 0 aliphatic heterocycles. The number of nitrogens with zero attached hydrogens (tertiary/aromatic N) is 2. The molecule has 0 aliphatic carbocycles. The number of hydrogen-bond acceptors (Lipinski definition) is 3. The van der Waals surface area contributed by atoms with Crippen molar-refractivity contribution in [2.75, 3.05) is 13.2 Å². The Hall–Kier alpha value is -1.03. The standard InChI is InChI=1S/C7H13N3O/c8-3-1-2-6-11-10-5-4-9-7-10/h4-5,7H,1-3,6,8H2. The highest BCUT2D eigenvalue weighted by Crippen LogP contribution is 1.86. The number of imidazole rings is 1. The Morgan fingerprint density at radius 3 is 3.00 bits per heavy atom. The van der Waals surface area contributed by atoms with E-state index in [4.69, 9.17) is 10.6 Å². The number of hydrogen-bond donors (Lipinski definition) is 1. The van der Waals surface area contributed by atoms with Gasteiger partial charge in [0.05, 0.1) is 6.20 Å². The lowest BCUT2D eigenvalue weighted by Crippen LogP contribution is -2.11. The molecule has 62 valence electrons. The molecule has 0 saturated carbocycles. The molecule has 4 nitrogen and oxygen atoms in total. The van der Waals surface area contributed by atoms with Gasteiger partial charge in [0.15, 0.2) is 0 Å². The fourth-order valence-electron chi connectivity index (χ4n) is 0.740. The summed E-state index contributed by atoms with van der Waals surface area (Å²) in [5.74, 6) is 0. The summed E-state index contributed by atoms with van der Waals surface area (Å²) in [6, 6.07) is 0. The average Bonchev–Trinajstić information content (AvgIpc) is 2.50. The first-order chi connectivity index (χ1) is 5.43. The Kier molecular flexibility index (Phi) is 3.47. The van der Waals surface area contributed by atoms with Crippen molar-refractivity contribution in [1.29, 1.82) is 0 Å². The minimum atomic E-state index is 0.702. The van der Waals surface area contributed by atoms with Gasteiger partial charge in [-0.25, -0.2) is 4.98 Å². The number of rotatable bonds is 5. The largest absolute Gasteiger partial charge is 0.413 e. The zero-order valence-electron chi connectivity index (χ0n) is 6.44. The van der Waals surface area contributed by atoms with Gasteiger partial charge in [-0.15, -0.1) is 0 Å². The van der Waals surface area contributed by atoms with Gasteiger partial charge in [-0.05, 0) is 19.4 Å². The van der Waals surface area contributed by atoms with Crippen LogP contribution in [0.4, 0.5) is 0 Å². The molecule has 0 saturated heterocycles. The van der Waals surface area contributed by atoms with Crippen LogP contribution >= 0.6 is 0 Å². The molecular formula is C7H13N3O. The lowest BCUT2D eigenvalue weighted by atomic mass is 10.3. The smallest absolute Gasteiger partial charge is 0.131 e. The normalized spacial score (nSPS) is 9.91. The Labute approximate surface area is 65.9 Å². The van der Waals surface area contributed by atoms with Crippen molar-refractivity contribution >= 4 is 0 Å². The van der Waals surface area contributed by atoms with Crippen molar-refractivity contribution in [2.24, 2.45) is 5.73 Å². The van der Waals surface area contributed by atoms with Crippen LogP contribution in [0.25, 0.3) is 0 Å². The molecule has 2 N–H and O–H groups in total. The van der Waals surface area contributed by atoms with Crippen LogP contribution in [0.1, 0.15) is 12.8 Å². The molecule has 0 unspecified atom stereocenters. The van der Waals surface area contributed by atoms with Crippen molar-refractivity contribution in [3.05, 3.63) is 18.7 Å². The molecule has 0 fully saturated rings. The summed E-state index contributed by atoms with van der Waals surface area (Å²) >= 11 is 0. The summed E-state index contributed by atoms with van der Waals surface area (Å²) in [7, 11) is 0. The second kappa shape index (κ2) is 4.73. The van der Waals surface area contributed by atoms with Gasteiger partial charge in [0.25, 0.3) is 0 Å². The van der Waals surface area contributed by atoms with Gasteiger partial charge < -0.3 is 10.6 Å². The summed E-state index contributed by atoms with van der Waals surface area (Å²) in [5.41, 5.74) is 5.31. The lowest BCUT2D eigenvalue weighted by molar-refractivity contribution is 0.107. The maximum absolute atomic E-state index is 5.31. The van der Waals surface area contributed by atoms with Crippen LogP contribution < -0.4 is 10.6 Å². The zero-order valence-corrected chi connectivity index (χ0v) is 6.44. The van der Waals surface area contributed by atoms with Gasteiger partial charge in [-0.2, -0.15) is 4.73 Å². The van der Waals surface area contributed by atoms with E-state index < -0.39 is 0 Å². The molecule has 1 aromatic heterocycles. The van der Waals surface area contributed by atoms with Crippen LogP contribution in [0, 0.1) is 0 Å². The van der Waals surface area contributed by atoms with Crippen molar-refractivity contribution in [2.45, 2.75) is 12.8 Å². The van der Waals surface area contributed by atoms with Crippen molar-refractivity contribution < 1.29 is 4.84 Å². The van der Waals surface area contributed by atoms with E-state index in [1.54, 1.807) is 23.5 Å². The van der Waals surface area contributed by atoms with Gasteiger partial charge in [0, 0.05) is 6.20 Å². The molecule has 1 heterocycles. The predicted octanol–water partition coefficient (Wildman–Crippen LogP) is 0.0506. The molecule has 4 heteroatoms. The number of unbranched alkanes of at least 4 members (excludes halogenated alkanes) is 1. The molecule has 0 amide bonds. The predicted molar refractivity (Wildman–Crippen MR) is 42.0 cm³/mol. The summed E-state index contributed by atoms with van der Waals surface area (Å²) in [6.45, 7) is 1.43. The van der Waals surface area contributed by atoms with E-state index in [-0.39, 0.29) is 0 Å². The molecule has 1 aromatic rings. The van der Waals surface area contributed by atoms with Crippen molar-refractivity contribution in [1.82, 2.24) is 9.71 Å². The van der Waals surface area contributed by atoms with E-state index in [0.29, 0.717) is 6.61 Å². The number of aromatic nitrogens is 2. The second-order valence-corrected chi connectivity index (χ2v) is 2.25. The SMILES string of the molecule is NCCCCOn1ccnc1. The Morgan fingerprint density at radius 1 is 1.45 bits per heavy atom. The molecule has 0 aromatic carbocycles. The third-order valence-corrected chi connectivity index (χ3v) is 1.32. The summed E-state index contributed by atoms with van der Waals surface area (Å²) in [6.07, 6.45) is 7.08. The van der Waals surface area contributed by atoms with Crippen LogP contribution in [-0.4, -0.2) is 22.9 Å². The number of nitrogens with two attached hydrogens (primary N) is 1. The highest BCUT2D eigenvalue weighted by atomic mass is 16.7. The van der Waals surface area contributed by atoms with Gasteiger partial charge in [-0.3, -0.25) is 0 Å². The minimum absolute atomic E-state index is 0.702. The van der Waals surface area contributed by atoms with E-state index in [0.717, 1.165) is 19.4 Å². The van der Waals surface area contributed by atoms with Gasteiger partial charge in [-0.1, -0.05) is 0 Å². The molecule has 0 bridgehead atoms. The van der Waals surface area contributed by atoms with Gasteiger partial charge in [0.2, 0.25) is 0 Å². The van der Waals surface area contributed by atoms with E-state index in [2.05, 4.69) is 4.98 Å². The Balaban J connectivity index is 2.04. The van der Waals surface area contributed by atoms with Crippen LogP contribution in [0.15, 0.2) is 18.7 Å². The minimum Gasteiger partial charge on any atom is -0.413 e. The van der Waals surface area contributed by atoms with Gasteiger partial charge in [0.1, 0.15) is 12.9 Å². The molecule has 0 radical (unpaired) electrons. The topological polar surface area (TPSA) is 53.1 Å². The van der Waals surface area contributed by atoms with E-state index in [9.17, 15) is 0 Å². The summed E-state index contributed by atoms with van der Waals surface area (Å²) < 4.78 is 1.59. The van der Waals surface area contributed by atoms with Crippen molar-refractivity contribution in [3.8, 4) is 0 Å². The zero-order chi connectivity index (χ0) is 7.94. The van der Waals surface area contributed by atoms with Crippen LogP contribution in [0.2, 0.25) is 0 Å². The monoisotopic (exact) mass is 155 g/mol. The third kappa shape index (κ3) is 3.04. The van der Waals surface area contributed by atoms with Gasteiger partial charge >= 0.3 is 0 Å². The van der Waals surface area contributed by atoms with Crippen molar-refractivity contribution in [3.63, 3.8) is 0 Å². The quantitative estimate of drug-likeness (QED) is 0.611. The maximum Gasteiger partial charge on any atom is 0.131 e. The van der Waals surface area contributed by atoms with E-state index in [1.807, 2.05) is 0 Å². The molecular weight excluding hydrogens is 142 g/mol. The Morgan fingerprint density at radius 2 is 2.36 bits per heavy atom. The molecule has 1 rings (SSSR count). The highest BCUT2D eigenvalue weighted by Gasteiger charge is 1.88. The second-order valence-electron chi connectivity index (χ2n) is 2.25. The first-order valence-electron chi connectivity index (χ1n) is 3.75. The first kappa shape index (κ1) is 8.07. The lowest BCUT2D eigenvalue weighted by Gasteiger charge is -2.03. The van der Waals surface area contributed by atoms with Crippen LogP contribution in [-0.2, 0) is 0 Å². The van der Waals surface area contributed by atoms with E-state index >= 15 is 0 Å². The third-order valence-electron chi connectivity index (χ3n) is 1.32. The fraction of sp³-hybridized carbons (Fsp3) is 0.571. The van der Waals surface area contributed by atoms with E-state index in [1.165, 1.54) is 0 Å². The average molecular weight is 155 g/mol. The van der Waals surface area contributed by atoms with Crippen LogP contribution in [0.5, 0.6) is 0 Å². The summed E-state index contributed by atoms with van der Waals surface area (Å²) in [5, 5.41) is 0. The highest BCUT2D eigenvalue weighted by molar-refractivity contribution is 4.69.